The summed E-state index contributed by atoms with van der Waals surface area (Å²) in [4.78, 5) is 11.9. The Hall–Kier alpha value is -2.14. The summed E-state index contributed by atoms with van der Waals surface area (Å²) in [7, 11) is -3.95. The standard InChI is InChI=1S/C16H16O4S/c1-3-15(17)14-6-4-5-7-16(14)20-21(18,19)13-10-8-12(2)9-11-13/h4-11H,3H2,1-2H3. The van der Waals surface area contributed by atoms with Crippen molar-refractivity contribution in [3.63, 3.8) is 0 Å². The Kier molecular flexibility index (Phi) is 4.43. The second kappa shape index (κ2) is 6.10. The van der Waals surface area contributed by atoms with E-state index in [0.29, 0.717) is 0 Å². The van der Waals surface area contributed by atoms with Crippen LogP contribution < -0.4 is 4.18 Å². The monoisotopic (exact) mass is 304 g/mol. The topological polar surface area (TPSA) is 60.4 Å². The number of Topliss-reactive ketones (excluding diaryl/α,β-unsaturated/α-hetero) is 1. The number of benzene rings is 2. The molecule has 0 aromatic heterocycles. The summed E-state index contributed by atoms with van der Waals surface area (Å²) < 4.78 is 29.6. The van der Waals surface area contributed by atoms with E-state index in [0.717, 1.165) is 5.56 Å². The summed E-state index contributed by atoms with van der Waals surface area (Å²) >= 11 is 0. The number of carbonyl (C=O) groups is 1. The summed E-state index contributed by atoms with van der Waals surface area (Å²) in [5, 5.41) is 0. The number of hydrogen-bond acceptors (Lipinski definition) is 4. The van der Waals surface area contributed by atoms with Gasteiger partial charge < -0.3 is 4.18 Å². The molecule has 110 valence electrons. The molecular formula is C16H16O4S. The van der Waals surface area contributed by atoms with E-state index in [1.165, 1.54) is 18.2 Å². The molecule has 2 aromatic rings. The molecule has 4 nitrogen and oxygen atoms in total. The normalized spacial score (nSPS) is 11.1. The van der Waals surface area contributed by atoms with Crippen molar-refractivity contribution < 1.29 is 17.4 Å². The van der Waals surface area contributed by atoms with Crippen molar-refractivity contribution in [3.05, 3.63) is 59.7 Å². The lowest BCUT2D eigenvalue weighted by molar-refractivity contribution is 0.0986. The van der Waals surface area contributed by atoms with Gasteiger partial charge in [-0.1, -0.05) is 36.8 Å². The van der Waals surface area contributed by atoms with Crippen LogP contribution in [0.5, 0.6) is 5.75 Å². The number of aryl methyl sites for hydroxylation is 1. The first kappa shape index (κ1) is 15.3. The lowest BCUT2D eigenvalue weighted by atomic mass is 10.1. The molecule has 21 heavy (non-hydrogen) atoms. The summed E-state index contributed by atoms with van der Waals surface area (Å²) in [6.07, 6.45) is 0.283. The molecular weight excluding hydrogens is 288 g/mol. The van der Waals surface area contributed by atoms with Gasteiger partial charge in [0.25, 0.3) is 0 Å². The van der Waals surface area contributed by atoms with Crippen LogP contribution in [-0.2, 0) is 10.1 Å². The molecule has 0 bridgehead atoms. The molecule has 2 rings (SSSR count). The molecule has 0 N–H and O–H groups in total. The molecule has 0 saturated carbocycles. The summed E-state index contributed by atoms with van der Waals surface area (Å²) in [6, 6.07) is 12.7. The van der Waals surface area contributed by atoms with Crippen LogP contribution in [0.1, 0.15) is 29.3 Å². The van der Waals surface area contributed by atoms with Crippen molar-refractivity contribution in [2.24, 2.45) is 0 Å². The molecule has 0 unspecified atom stereocenters. The van der Waals surface area contributed by atoms with Gasteiger partial charge in [0.05, 0.1) is 5.56 Å². The Balaban J connectivity index is 2.37. The van der Waals surface area contributed by atoms with Gasteiger partial charge in [0.15, 0.2) is 11.5 Å². The molecule has 0 heterocycles. The zero-order chi connectivity index (χ0) is 15.5. The van der Waals surface area contributed by atoms with Crippen molar-refractivity contribution in [1.82, 2.24) is 0 Å². The molecule has 0 radical (unpaired) electrons. The van der Waals surface area contributed by atoms with Gasteiger partial charge in [0, 0.05) is 6.42 Å². The minimum Gasteiger partial charge on any atom is -0.378 e. The predicted molar refractivity (Wildman–Crippen MR) is 80.1 cm³/mol. The largest absolute Gasteiger partial charge is 0.378 e. The third-order valence-electron chi connectivity index (χ3n) is 3.02. The van der Waals surface area contributed by atoms with E-state index >= 15 is 0 Å². The third kappa shape index (κ3) is 3.49. The Bertz CT molecular complexity index is 746. The van der Waals surface area contributed by atoms with E-state index in [1.54, 1.807) is 37.3 Å². The van der Waals surface area contributed by atoms with Crippen LogP contribution in [0.25, 0.3) is 0 Å². The Labute approximate surface area is 124 Å². The highest BCUT2D eigenvalue weighted by molar-refractivity contribution is 7.87. The summed E-state index contributed by atoms with van der Waals surface area (Å²) in [6.45, 7) is 3.58. The average molecular weight is 304 g/mol. The first-order valence-corrected chi connectivity index (χ1v) is 7.98. The first-order chi connectivity index (χ1) is 9.94. The van der Waals surface area contributed by atoms with Crippen molar-refractivity contribution in [2.75, 3.05) is 0 Å². The van der Waals surface area contributed by atoms with E-state index in [1.807, 2.05) is 6.92 Å². The predicted octanol–water partition coefficient (Wildman–Crippen LogP) is 3.36. The Morgan fingerprint density at radius 1 is 1.05 bits per heavy atom. The fourth-order valence-electron chi connectivity index (χ4n) is 1.83. The second-order valence-electron chi connectivity index (χ2n) is 4.62. The van der Waals surface area contributed by atoms with E-state index in [2.05, 4.69) is 0 Å². The summed E-state index contributed by atoms with van der Waals surface area (Å²) in [5.41, 5.74) is 1.23. The smallest absolute Gasteiger partial charge is 0.339 e. The van der Waals surface area contributed by atoms with Crippen molar-refractivity contribution >= 4 is 15.9 Å². The highest BCUT2D eigenvalue weighted by Crippen LogP contribution is 2.24. The van der Waals surface area contributed by atoms with Crippen molar-refractivity contribution in [2.45, 2.75) is 25.2 Å². The quantitative estimate of drug-likeness (QED) is 0.628. The fraction of sp³-hybridized carbons (Fsp3) is 0.188. The van der Waals surface area contributed by atoms with Crippen LogP contribution in [0.3, 0.4) is 0 Å². The number of carbonyl (C=O) groups excluding carboxylic acids is 1. The third-order valence-corrected chi connectivity index (χ3v) is 4.27. The molecule has 5 heteroatoms. The SMILES string of the molecule is CCC(=O)c1ccccc1OS(=O)(=O)c1ccc(C)cc1. The average Bonchev–Trinajstić information content (AvgIpc) is 2.47. The Morgan fingerprint density at radius 3 is 2.29 bits per heavy atom. The lowest BCUT2D eigenvalue weighted by Gasteiger charge is -2.10. The molecule has 0 saturated heterocycles. The minimum absolute atomic E-state index is 0.0601. The summed E-state index contributed by atoms with van der Waals surface area (Å²) in [5.74, 6) is -0.102. The highest BCUT2D eigenvalue weighted by Gasteiger charge is 2.20. The maximum atomic E-state index is 12.2. The number of rotatable bonds is 5. The van der Waals surface area contributed by atoms with Crippen LogP contribution in [0, 0.1) is 6.92 Å². The maximum absolute atomic E-state index is 12.2. The molecule has 0 amide bonds. The minimum atomic E-state index is -3.95. The molecule has 0 fully saturated rings. The number of hydrogen-bond donors (Lipinski definition) is 0. The Morgan fingerprint density at radius 2 is 1.67 bits per heavy atom. The molecule has 0 spiro atoms. The van der Waals surface area contributed by atoms with Gasteiger partial charge in [-0.2, -0.15) is 8.42 Å². The van der Waals surface area contributed by atoms with E-state index in [-0.39, 0.29) is 28.4 Å². The van der Waals surface area contributed by atoms with Crippen molar-refractivity contribution in [3.8, 4) is 5.75 Å². The van der Waals surface area contributed by atoms with Gasteiger partial charge in [-0.15, -0.1) is 0 Å². The van der Waals surface area contributed by atoms with Crippen LogP contribution >= 0.6 is 0 Å². The maximum Gasteiger partial charge on any atom is 0.339 e. The first-order valence-electron chi connectivity index (χ1n) is 6.57. The number of para-hydroxylation sites is 1. The van der Waals surface area contributed by atoms with Gasteiger partial charge in [-0.3, -0.25) is 4.79 Å². The zero-order valence-electron chi connectivity index (χ0n) is 11.9. The number of ketones is 1. The second-order valence-corrected chi connectivity index (χ2v) is 6.17. The van der Waals surface area contributed by atoms with Gasteiger partial charge >= 0.3 is 10.1 Å². The molecule has 0 atom stereocenters. The molecule has 0 aliphatic rings. The van der Waals surface area contributed by atoms with E-state index in [9.17, 15) is 13.2 Å². The van der Waals surface area contributed by atoms with E-state index < -0.39 is 10.1 Å². The van der Waals surface area contributed by atoms with Gasteiger partial charge in [0.2, 0.25) is 0 Å². The zero-order valence-corrected chi connectivity index (χ0v) is 12.7. The van der Waals surface area contributed by atoms with Crippen LogP contribution in [0.15, 0.2) is 53.4 Å². The van der Waals surface area contributed by atoms with Gasteiger partial charge in [0.1, 0.15) is 4.90 Å². The van der Waals surface area contributed by atoms with Crippen LogP contribution in [0.4, 0.5) is 0 Å². The van der Waals surface area contributed by atoms with Gasteiger partial charge in [-0.05, 0) is 31.2 Å². The van der Waals surface area contributed by atoms with Crippen LogP contribution in [-0.4, -0.2) is 14.2 Å². The highest BCUT2D eigenvalue weighted by atomic mass is 32.2. The van der Waals surface area contributed by atoms with Crippen molar-refractivity contribution in [1.29, 1.82) is 0 Å². The van der Waals surface area contributed by atoms with Crippen LogP contribution in [0.2, 0.25) is 0 Å². The molecule has 0 aliphatic carbocycles. The van der Waals surface area contributed by atoms with E-state index in [4.69, 9.17) is 4.18 Å². The van der Waals surface area contributed by atoms with Gasteiger partial charge in [-0.25, -0.2) is 0 Å². The fourth-order valence-corrected chi connectivity index (χ4v) is 2.78. The molecule has 2 aromatic carbocycles. The lowest BCUT2D eigenvalue weighted by Crippen LogP contribution is -2.12. The molecule has 0 aliphatic heterocycles.